The van der Waals surface area contributed by atoms with Gasteiger partial charge in [-0.05, 0) is 25.7 Å². The zero-order chi connectivity index (χ0) is 11.3. The average molecular weight is 232 g/mol. The van der Waals surface area contributed by atoms with Crippen molar-refractivity contribution in [2.24, 2.45) is 5.92 Å². The monoisotopic (exact) mass is 231 g/mol. The van der Waals surface area contributed by atoms with Gasteiger partial charge in [-0.2, -0.15) is 0 Å². The van der Waals surface area contributed by atoms with Gasteiger partial charge in [0.1, 0.15) is 0 Å². The number of rotatable bonds is 7. The summed E-state index contributed by atoms with van der Waals surface area (Å²) in [6.07, 6.45) is 6.24. The van der Waals surface area contributed by atoms with Crippen molar-refractivity contribution in [1.82, 2.24) is 5.32 Å². The smallest absolute Gasteiger partial charge is 0.223 e. The Morgan fingerprint density at radius 1 is 1.33 bits per heavy atom. The molecular weight excluding hydrogens is 210 g/mol. The summed E-state index contributed by atoms with van der Waals surface area (Å²) in [5, 5.41) is 3.12. The Morgan fingerprint density at radius 3 is 2.20 bits per heavy atom. The number of halogens is 1. The predicted molar refractivity (Wildman–Crippen MR) is 64.1 cm³/mol. The number of amides is 1. The summed E-state index contributed by atoms with van der Waals surface area (Å²) in [4.78, 5) is 12.0. The Morgan fingerprint density at radius 2 is 1.87 bits per heavy atom. The van der Waals surface area contributed by atoms with Crippen LogP contribution < -0.4 is 5.32 Å². The molecule has 1 N–H and O–H groups in total. The summed E-state index contributed by atoms with van der Waals surface area (Å²) < 4.78 is 0. The summed E-state index contributed by atoms with van der Waals surface area (Å²) in [7, 11) is 0. The minimum Gasteiger partial charge on any atom is -0.349 e. The molecule has 88 valence electrons. The standard InChI is InChI=1S/C12H22ClNO/c1-3-5-10(6-4-2)11(15)14-12(9-13)7-8-12/h10H,3-9H2,1-2H3,(H,14,15). The van der Waals surface area contributed by atoms with E-state index < -0.39 is 0 Å². The summed E-state index contributed by atoms with van der Waals surface area (Å²) in [5.74, 6) is 0.974. The highest BCUT2D eigenvalue weighted by molar-refractivity contribution is 6.19. The number of hydrogen-bond donors (Lipinski definition) is 1. The number of carbonyl (C=O) groups is 1. The first kappa shape index (κ1) is 12.8. The number of hydrogen-bond acceptors (Lipinski definition) is 1. The quantitative estimate of drug-likeness (QED) is 0.671. The maximum absolute atomic E-state index is 12.0. The number of carbonyl (C=O) groups excluding carboxylic acids is 1. The first-order valence-corrected chi connectivity index (χ1v) is 6.59. The van der Waals surface area contributed by atoms with Crippen molar-refractivity contribution in [3.05, 3.63) is 0 Å². The normalized spacial score (nSPS) is 17.9. The second kappa shape index (κ2) is 5.74. The van der Waals surface area contributed by atoms with Crippen LogP contribution in [0.15, 0.2) is 0 Å². The van der Waals surface area contributed by atoms with Crippen molar-refractivity contribution < 1.29 is 4.79 Å². The summed E-state index contributed by atoms with van der Waals surface area (Å²) >= 11 is 5.84. The van der Waals surface area contributed by atoms with E-state index in [4.69, 9.17) is 11.6 Å². The van der Waals surface area contributed by atoms with Gasteiger partial charge in [-0.3, -0.25) is 4.79 Å². The molecule has 1 aliphatic carbocycles. The van der Waals surface area contributed by atoms with Crippen LogP contribution in [0, 0.1) is 5.92 Å². The van der Waals surface area contributed by atoms with Crippen LogP contribution in [0.3, 0.4) is 0 Å². The molecule has 2 nitrogen and oxygen atoms in total. The fourth-order valence-corrected chi connectivity index (χ4v) is 2.24. The fourth-order valence-electron chi connectivity index (χ4n) is 1.91. The van der Waals surface area contributed by atoms with E-state index in [2.05, 4.69) is 19.2 Å². The molecule has 0 aromatic rings. The van der Waals surface area contributed by atoms with Gasteiger partial charge in [0.05, 0.1) is 5.54 Å². The maximum Gasteiger partial charge on any atom is 0.223 e. The van der Waals surface area contributed by atoms with Gasteiger partial charge in [-0.15, -0.1) is 11.6 Å². The molecule has 0 bridgehead atoms. The Hall–Kier alpha value is -0.240. The Labute approximate surface area is 97.8 Å². The molecule has 1 fully saturated rings. The van der Waals surface area contributed by atoms with Gasteiger partial charge in [0.2, 0.25) is 5.91 Å². The molecule has 0 radical (unpaired) electrons. The number of nitrogens with one attached hydrogen (secondary N) is 1. The van der Waals surface area contributed by atoms with Crippen LogP contribution in [0.25, 0.3) is 0 Å². The molecule has 1 amide bonds. The Balaban J connectivity index is 2.41. The van der Waals surface area contributed by atoms with Gasteiger partial charge in [0.15, 0.2) is 0 Å². The molecule has 0 aromatic heterocycles. The first-order valence-electron chi connectivity index (χ1n) is 6.05. The zero-order valence-corrected chi connectivity index (χ0v) is 10.6. The first-order chi connectivity index (χ1) is 7.17. The minimum absolute atomic E-state index is 0.0433. The molecular formula is C12H22ClNO. The molecule has 0 saturated heterocycles. The van der Waals surface area contributed by atoms with Gasteiger partial charge in [-0.1, -0.05) is 26.7 Å². The highest BCUT2D eigenvalue weighted by Crippen LogP contribution is 2.36. The Kier molecular flexibility index (Phi) is 4.91. The topological polar surface area (TPSA) is 29.1 Å². The van der Waals surface area contributed by atoms with Crippen LogP contribution >= 0.6 is 11.6 Å². The van der Waals surface area contributed by atoms with Crippen LogP contribution in [-0.2, 0) is 4.79 Å². The highest BCUT2D eigenvalue weighted by Gasteiger charge is 2.43. The van der Waals surface area contributed by atoms with Gasteiger partial charge < -0.3 is 5.32 Å². The SMILES string of the molecule is CCCC(CCC)C(=O)NC1(CCl)CC1. The zero-order valence-electron chi connectivity index (χ0n) is 9.81. The lowest BCUT2D eigenvalue weighted by atomic mass is 9.97. The van der Waals surface area contributed by atoms with Crippen molar-refractivity contribution in [3.8, 4) is 0 Å². The van der Waals surface area contributed by atoms with Crippen LogP contribution in [0.1, 0.15) is 52.4 Å². The van der Waals surface area contributed by atoms with Gasteiger partial charge in [0, 0.05) is 11.8 Å². The lowest BCUT2D eigenvalue weighted by Gasteiger charge is -2.20. The molecule has 15 heavy (non-hydrogen) atoms. The summed E-state index contributed by atoms with van der Waals surface area (Å²) in [6.45, 7) is 4.26. The van der Waals surface area contributed by atoms with E-state index in [-0.39, 0.29) is 17.4 Å². The van der Waals surface area contributed by atoms with E-state index >= 15 is 0 Å². The molecule has 0 aliphatic heterocycles. The molecule has 0 unspecified atom stereocenters. The highest BCUT2D eigenvalue weighted by atomic mass is 35.5. The van der Waals surface area contributed by atoms with E-state index in [0.29, 0.717) is 5.88 Å². The van der Waals surface area contributed by atoms with Crippen molar-refractivity contribution in [2.75, 3.05) is 5.88 Å². The summed E-state index contributed by atoms with van der Waals surface area (Å²) in [6, 6.07) is 0. The van der Waals surface area contributed by atoms with Crippen molar-refractivity contribution >= 4 is 17.5 Å². The van der Waals surface area contributed by atoms with Crippen molar-refractivity contribution in [3.63, 3.8) is 0 Å². The van der Waals surface area contributed by atoms with Gasteiger partial charge in [-0.25, -0.2) is 0 Å². The van der Waals surface area contributed by atoms with E-state index in [1.807, 2.05) is 0 Å². The Bertz CT molecular complexity index is 208. The van der Waals surface area contributed by atoms with Crippen LogP contribution in [0.4, 0.5) is 0 Å². The van der Waals surface area contributed by atoms with E-state index in [0.717, 1.165) is 38.5 Å². The molecule has 3 heteroatoms. The predicted octanol–water partition coefficient (Wildman–Crippen LogP) is 3.09. The minimum atomic E-state index is -0.0433. The molecule has 1 saturated carbocycles. The molecule has 0 heterocycles. The van der Waals surface area contributed by atoms with E-state index in [1.54, 1.807) is 0 Å². The second-order valence-electron chi connectivity index (χ2n) is 4.68. The van der Waals surface area contributed by atoms with Gasteiger partial charge in [0.25, 0.3) is 0 Å². The fraction of sp³-hybridized carbons (Fsp3) is 0.917. The molecule has 0 atom stereocenters. The number of alkyl halides is 1. The van der Waals surface area contributed by atoms with Gasteiger partial charge >= 0.3 is 0 Å². The van der Waals surface area contributed by atoms with E-state index in [9.17, 15) is 4.79 Å². The third-order valence-corrected chi connectivity index (χ3v) is 3.65. The third kappa shape index (κ3) is 3.67. The lowest BCUT2D eigenvalue weighted by molar-refractivity contribution is -0.126. The van der Waals surface area contributed by atoms with Crippen LogP contribution in [-0.4, -0.2) is 17.3 Å². The van der Waals surface area contributed by atoms with Crippen LogP contribution in [0.5, 0.6) is 0 Å². The summed E-state index contributed by atoms with van der Waals surface area (Å²) in [5.41, 5.74) is -0.0433. The van der Waals surface area contributed by atoms with Crippen molar-refractivity contribution in [1.29, 1.82) is 0 Å². The second-order valence-corrected chi connectivity index (χ2v) is 4.94. The molecule has 0 aromatic carbocycles. The third-order valence-electron chi connectivity index (χ3n) is 3.14. The van der Waals surface area contributed by atoms with Crippen LogP contribution in [0.2, 0.25) is 0 Å². The molecule has 1 aliphatic rings. The molecule has 0 spiro atoms. The van der Waals surface area contributed by atoms with Crippen molar-refractivity contribution in [2.45, 2.75) is 57.9 Å². The average Bonchev–Trinajstić information content (AvgIpc) is 2.98. The van der Waals surface area contributed by atoms with E-state index in [1.165, 1.54) is 0 Å². The molecule has 1 rings (SSSR count). The maximum atomic E-state index is 12.0. The lowest BCUT2D eigenvalue weighted by Crippen LogP contribution is -2.41. The largest absolute Gasteiger partial charge is 0.349 e.